The molecule has 3 rings (SSSR count). The standard InChI is InChI=1S/C19H15F2NO3/c1-23-17-7-3-2-5-15(17)16-6-4-12-22-18(16)24-13-8-10-14(11-9-13)25-19(20)21/h2-12,19H,1H3. The van der Waals surface area contributed by atoms with E-state index in [-0.39, 0.29) is 5.75 Å². The number of aromatic nitrogens is 1. The summed E-state index contributed by atoms with van der Waals surface area (Å²) < 4.78 is 39.9. The topological polar surface area (TPSA) is 40.6 Å². The van der Waals surface area contributed by atoms with Gasteiger partial charge in [0.25, 0.3) is 0 Å². The van der Waals surface area contributed by atoms with Crippen LogP contribution in [0.25, 0.3) is 11.1 Å². The molecular weight excluding hydrogens is 328 g/mol. The molecule has 0 aliphatic carbocycles. The minimum atomic E-state index is -2.86. The van der Waals surface area contributed by atoms with Gasteiger partial charge in [-0.05, 0) is 42.5 Å². The molecule has 0 fully saturated rings. The zero-order chi connectivity index (χ0) is 17.6. The second kappa shape index (κ2) is 7.61. The lowest BCUT2D eigenvalue weighted by Crippen LogP contribution is -2.01. The summed E-state index contributed by atoms with van der Waals surface area (Å²) in [6.07, 6.45) is 1.61. The van der Waals surface area contributed by atoms with Crippen molar-refractivity contribution in [1.29, 1.82) is 0 Å². The summed E-state index contributed by atoms with van der Waals surface area (Å²) in [7, 11) is 1.59. The lowest BCUT2D eigenvalue weighted by molar-refractivity contribution is -0.0498. The first-order valence-corrected chi connectivity index (χ1v) is 7.48. The molecule has 0 spiro atoms. The fraction of sp³-hybridized carbons (Fsp3) is 0.105. The van der Waals surface area contributed by atoms with E-state index in [1.807, 2.05) is 30.3 Å². The minimum Gasteiger partial charge on any atom is -0.496 e. The molecule has 0 radical (unpaired) electrons. The van der Waals surface area contributed by atoms with Gasteiger partial charge in [0, 0.05) is 17.3 Å². The van der Waals surface area contributed by atoms with Crippen molar-refractivity contribution in [1.82, 2.24) is 4.98 Å². The highest BCUT2D eigenvalue weighted by Crippen LogP contribution is 2.36. The molecule has 0 unspecified atom stereocenters. The Kier molecular flexibility index (Phi) is 5.09. The van der Waals surface area contributed by atoms with E-state index in [4.69, 9.17) is 9.47 Å². The van der Waals surface area contributed by atoms with E-state index in [0.717, 1.165) is 11.1 Å². The van der Waals surface area contributed by atoms with Gasteiger partial charge >= 0.3 is 6.61 Å². The maximum atomic E-state index is 12.2. The highest BCUT2D eigenvalue weighted by molar-refractivity contribution is 5.74. The van der Waals surface area contributed by atoms with Crippen molar-refractivity contribution < 1.29 is 23.0 Å². The summed E-state index contributed by atoms with van der Waals surface area (Å²) in [5, 5.41) is 0. The lowest BCUT2D eigenvalue weighted by Gasteiger charge is -2.13. The van der Waals surface area contributed by atoms with Crippen LogP contribution in [0, 0.1) is 0 Å². The van der Waals surface area contributed by atoms with E-state index in [9.17, 15) is 8.78 Å². The van der Waals surface area contributed by atoms with E-state index >= 15 is 0 Å². The van der Waals surface area contributed by atoms with Crippen molar-refractivity contribution in [3.63, 3.8) is 0 Å². The fourth-order valence-electron chi connectivity index (χ4n) is 2.35. The van der Waals surface area contributed by atoms with Crippen molar-refractivity contribution in [2.45, 2.75) is 6.61 Å². The van der Waals surface area contributed by atoms with Crippen LogP contribution in [0.3, 0.4) is 0 Å². The largest absolute Gasteiger partial charge is 0.496 e. The number of methoxy groups -OCH3 is 1. The van der Waals surface area contributed by atoms with Crippen LogP contribution in [0.1, 0.15) is 0 Å². The Labute approximate surface area is 143 Å². The zero-order valence-electron chi connectivity index (χ0n) is 13.4. The van der Waals surface area contributed by atoms with Gasteiger partial charge in [0.1, 0.15) is 17.2 Å². The number of nitrogens with zero attached hydrogens (tertiary/aromatic N) is 1. The molecule has 25 heavy (non-hydrogen) atoms. The molecule has 0 atom stereocenters. The van der Waals surface area contributed by atoms with Crippen molar-refractivity contribution in [2.24, 2.45) is 0 Å². The average molecular weight is 343 g/mol. The molecule has 128 valence electrons. The van der Waals surface area contributed by atoms with Gasteiger partial charge in [-0.2, -0.15) is 8.78 Å². The Hall–Kier alpha value is -3.15. The maximum absolute atomic E-state index is 12.2. The number of halogens is 2. The highest BCUT2D eigenvalue weighted by Gasteiger charge is 2.13. The molecule has 3 aromatic rings. The van der Waals surface area contributed by atoms with Crippen molar-refractivity contribution in [2.75, 3.05) is 7.11 Å². The van der Waals surface area contributed by atoms with E-state index in [2.05, 4.69) is 9.72 Å². The van der Waals surface area contributed by atoms with Crippen LogP contribution < -0.4 is 14.2 Å². The molecule has 6 heteroatoms. The Morgan fingerprint density at radius 1 is 0.840 bits per heavy atom. The molecule has 4 nitrogen and oxygen atoms in total. The Morgan fingerprint density at radius 2 is 1.52 bits per heavy atom. The number of rotatable bonds is 6. The summed E-state index contributed by atoms with van der Waals surface area (Å²) in [5.74, 6) is 1.60. The number of pyridine rings is 1. The first-order valence-electron chi connectivity index (χ1n) is 7.48. The third-order valence-corrected chi connectivity index (χ3v) is 3.43. The van der Waals surface area contributed by atoms with Gasteiger partial charge < -0.3 is 14.2 Å². The zero-order valence-corrected chi connectivity index (χ0v) is 13.4. The summed E-state index contributed by atoms with van der Waals surface area (Å²) in [4.78, 5) is 4.27. The van der Waals surface area contributed by atoms with E-state index in [0.29, 0.717) is 17.4 Å². The average Bonchev–Trinajstić information content (AvgIpc) is 2.63. The van der Waals surface area contributed by atoms with Crippen LogP contribution in [-0.4, -0.2) is 18.7 Å². The van der Waals surface area contributed by atoms with Crippen LogP contribution in [0.4, 0.5) is 8.78 Å². The third kappa shape index (κ3) is 4.03. The second-order valence-corrected chi connectivity index (χ2v) is 5.01. The highest BCUT2D eigenvalue weighted by atomic mass is 19.3. The predicted molar refractivity (Wildman–Crippen MR) is 89.4 cm³/mol. The van der Waals surface area contributed by atoms with Gasteiger partial charge in [-0.15, -0.1) is 0 Å². The number of hydrogen-bond acceptors (Lipinski definition) is 4. The number of para-hydroxylation sites is 1. The van der Waals surface area contributed by atoms with E-state index < -0.39 is 6.61 Å². The molecule has 0 aliphatic heterocycles. The van der Waals surface area contributed by atoms with Gasteiger partial charge in [0.15, 0.2) is 0 Å². The SMILES string of the molecule is COc1ccccc1-c1cccnc1Oc1ccc(OC(F)F)cc1. The molecule has 1 aromatic heterocycles. The van der Waals surface area contributed by atoms with Crippen LogP contribution >= 0.6 is 0 Å². The Bertz CT molecular complexity index is 838. The first kappa shape index (κ1) is 16.7. The maximum Gasteiger partial charge on any atom is 0.387 e. The summed E-state index contributed by atoms with van der Waals surface area (Å²) in [6, 6.07) is 17.1. The predicted octanol–water partition coefficient (Wildman–Crippen LogP) is 5.15. The number of alkyl halides is 2. The van der Waals surface area contributed by atoms with E-state index in [1.165, 1.54) is 12.1 Å². The van der Waals surface area contributed by atoms with Crippen LogP contribution in [0.5, 0.6) is 23.1 Å². The second-order valence-electron chi connectivity index (χ2n) is 5.01. The molecular formula is C19H15F2NO3. The molecule has 1 heterocycles. The third-order valence-electron chi connectivity index (χ3n) is 3.43. The number of benzene rings is 2. The quantitative estimate of drug-likeness (QED) is 0.620. The molecule has 0 N–H and O–H groups in total. The van der Waals surface area contributed by atoms with Gasteiger partial charge in [0.05, 0.1) is 7.11 Å². The molecule has 0 bridgehead atoms. The molecule has 0 saturated heterocycles. The van der Waals surface area contributed by atoms with E-state index in [1.54, 1.807) is 31.5 Å². The Morgan fingerprint density at radius 3 is 2.24 bits per heavy atom. The van der Waals surface area contributed by atoms with Crippen LogP contribution in [0.2, 0.25) is 0 Å². The van der Waals surface area contributed by atoms with Crippen molar-refractivity contribution >= 4 is 0 Å². The minimum absolute atomic E-state index is 0.0633. The van der Waals surface area contributed by atoms with Crippen LogP contribution in [0.15, 0.2) is 66.9 Å². The normalized spacial score (nSPS) is 10.6. The summed E-state index contributed by atoms with van der Waals surface area (Å²) in [5.41, 5.74) is 1.60. The summed E-state index contributed by atoms with van der Waals surface area (Å²) >= 11 is 0. The fourth-order valence-corrected chi connectivity index (χ4v) is 2.35. The monoisotopic (exact) mass is 343 g/mol. The smallest absolute Gasteiger partial charge is 0.387 e. The van der Waals surface area contributed by atoms with Gasteiger partial charge in [-0.3, -0.25) is 0 Å². The molecule has 2 aromatic carbocycles. The number of hydrogen-bond donors (Lipinski definition) is 0. The van der Waals surface area contributed by atoms with Gasteiger partial charge in [-0.25, -0.2) is 4.98 Å². The molecule has 0 amide bonds. The summed E-state index contributed by atoms with van der Waals surface area (Å²) in [6.45, 7) is -2.86. The van der Waals surface area contributed by atoms with Crippen molar-refractivity contribution in [3.05, 3.63) is 66.9 Å². The van der Waals surface area contributed by atoms with Gasteiger partial charge in [0.2, 0.25) is 5.88 Å². The Balaban J connectivity index is 1.89. The molecule has 0 saturated carbocycles. The number of ether oxygens (including phenoxy) is 3. The molecule has 0 aliphatic rings. The first-order chi connectivity index (χ1) is 12.2. The van der Waals surface area contributed by atoms with Crippen molar-refractivity contribution in [3.8, 4) is 34.3 Å². The van der Waals surface area contributed by atoms with Crippen LogP contribution in [-0.2, 0) is 0 Å². The van der Waals surface area contributed by atoms with Gasteiger partial charge in [-0.1, -0.05) is 18.2 Å². The lowest BCUT2D eigenvalue weighted by atomic mass is 10.1.